The summed E-state index contributed by atoms with van der Waals surface area (Å²) in [6, 6.07) is 10.4. The summed E-state index contributed by atoms with van der Waals surface area (Å²) in [5.41, 5.74) is 0.110. The summed E-state index contributed by atoms with van der Waals surface area (Å²) in [6.07, 6.45) is 0.0563. The van der Waals surface area contributed by atoms with Crippen LogP contribution in [-0.2, 0) is 0 Å². The van der Waals surface area contributed by atoms with Crippen LogP contribution in [-0.4, -0.2) is 17.1 Å². The molecule has 0 unspecified atom stereocenters. The van der Waals surface area contributed by atoms with Gasteiger partial charge in [-0.05, 0) is 50.2 Å². The molecule has 0 saturated carbocycles. The zero-order valence-electron chi connectivity index (χ0n) is 11.8. The fourth-order valence-electron chi connectivity index (χ4n) is 1.82. The van der Waals surface area contributed by atoms with Gasteiger partial charge in [-0.25, -0.2) is 4.39 Å². The number of phenols is 1. The predicted molar refractivity (Wildman–Crippen MR) is 78.2 cm³/mol. The van der Waals surface area contributed by atoms with Crippen LogP contribution < -0.4 is 10.1 Å². The zero-order valence-corrected chi connectivity index (χ0v) is 11.8. The van der Waals surface area contributed by atoms with Gasteiger partial charge in [0.2, 0.25) is 0 Å². The third kappa shape index (κ3) is 3.72. The minimum Gasteiger partial charge on any atom is -0.507 e. The second-order valence-corrected chi connectivity index (χ2v) is 4.78. The van der Waals surface area contributed by atoms with Crippen LogP contribution in [0.25, 0.3) is 0 Å². The highest BCUT2D eigenvalue weighted by Crippen LogP contribution is 2.22. The fourth-order valence-corrected chi connectivity index (χ4v) is 1.82. The Kier molecular flexibility index (Phi) is 4.42. The molecule has 0 bridgehead atoms. The van der Waals surface area contributed by atoms with Gasteiger partial charge in [-0.2, -0.15) is 0 Å². The Bertz CT molecular complexity index is 618. The SMILES string of the molecule is CC(C)Oc1ccc(NC(=O)c2c(O)cccc2F)cc1. The predicted octanol–water partition coefficient (Wildman–Crippen LogP) is 3.57. The van der Waals surface area contributed by atoms with Gasteiger partial charge in [-0.15, -0.1) is 0 Å². The average molecular weight is 289 g/mol. The molecule has 0 aromatic heterocycles. The molecular formula is C16H16FNO3. The largest absolute Gasteiger partial charge is 0.507 e. The molecular weight excluding hydrogens is 273 g/mol. The molecule has 0 aliphatic rings. The van der Waals surface area contributed by atoms with E-state index < -0.39 is 17.5 Å². The van der Waals surface area contributed by atoms with Gasteiger partial charge in [0.15, 0.2) is 0 Å². The first kappa shape index (κ1) is 14.8. The van der Waals surface area contributed by atoms with E-state index >= 15 is 0 Å². The molecule has 2 N–H and O–H groups in total. The molecule has 2 aromatic carbocycles. The molecule has 0 radical (unpaired) electrons. The molecule has 0 aliphatic carbocycles. The van der Waals surface area contributed by atoms with Crippen LogP contribution in [0.1, 0.15) is 24.2 Å². The molecule has 0 aliphatic heterocycles. The lowest BCUT2D eigenvalue weighted by atomic mass is 10.1. The van der Waals surface area contributed by atoms with Gasteiger partial charge in [0.1, 0.15) is 22.9 Å². The molecule has 1 amide bonds. The van der Waals surface area contributed by atoms with Crippen molar-refractivity contribution >= 4 is 11.6 Å². The molecule has 4 nitrogen and oxygen atoms in total. The highest BCUT2D eigenvalue weighted by Gasteiger charge is 2.16. The van der Waals surface area contributed by atoms with Crippen molar-refractivity contribution in [1.82, 2.24) is 0 Å². The average Bonchev–Trinajstić information content (AvgIpc) is 2.40. The van der Waals surface area contributed by atoms with Crippen LogP contribution in [0.5, 0.6) is 11.5 Å². The maximum Gasteiger partial charge on any atom is 0.262 e. The molecule has 5 heteroatoms. The number of aromatic hydroxyl groups is 1. The first-order chi connectivity index (χ1) is 9.97. The number of amides is 1. The maximum atomic E-state index is 13.6. The molecule has 0 atom stereocenters. The lowest BCUT2D eigenvalue weighted by Crippen LogP contribution is -2.14. The Labute approximate surface area is 122 Å². The van der Waals surface area contributed by atoms with Crippen molar-refractivity contribution < 1.29 is 19.0 Å². The molecule has 0 saturated heterocycles. The standard InChI is InChI=1S/C16H16FNO3/c1-10(2)21-12-8-6-11(7-9-12)18-16(20)15-13(17)4-3-5-14(15)19/h3-10,19H,1-2H3,(H,18,20). The first-order valence-corrected chi connectivity index (χ1v) is 6.53. The van der Waals surface area contributed by atoms with E-state index in [0.717, 1.165) is 6.07 Å². The van der Waals surface area contributed by atoms with E-state index in [9.17, 15) is 14.3 Å². The molecule has 110 valence electrons. The number of ether oxygens (including phenoxy) is 1. The number of rotatable bonds is 4. The van der Waals surface area contributed by atoms with Crippen molar-refractivity contribution in [3.8, 4) is 11.5 Å². The second kappa shape index (κ2) is 6.26. The fraction of sp³-hybridized carbons (Fsp3) is 0.188. The van der Waals surface area contributed by atoms with Crippen molar-refractivity contribution in [2.45, 2.75) is 20.0 Å². The smallest absolute Gasteiger partial charge is 0.262 e. The highest BCUT2D eigenvalue weighted by molar-refractivity contribution is 6.06. The minimum absolute atomic E-state index is 0.0563. The summed E-state index contributed by atoms with van der Waals surface area (Å²) >= 11 is 0. The highest BCUT2D eigenvalue weighted by atomic mass is 19.1. The summed E-state index contributed by atoms with van der Waals surface area (Å²) in [4.78, 5) is 12.0. The first-order valence-electron chi connectivity index (χ1n) is 6.53. The summed E-state index contributed by atoms with van der Waals surface area (Å²) < 4.78 is 19.1. The number of carbonyl (C=O) groups excluding carboxylic acids is 1. The van der Waals surface area contributed by atoms with Crippen molar-refractivity contribution in [1.29, 1.82) is 0 Å². The van der Waals surface area contributed by atoms with Crippen molar-refractivity contribution in [3.05, 3.63) is 53.8 Å². The van der Waals surface area contributed by atoms with Gasteiger partial charge in [0, 0.05) is 5.69 Å². The zero-order chi connectivity index (χ0) is 15.4. The summed E-state index contributed by atoms with van der Waals surface area (Å²) in [5.74, 6) is -1.20. The number of hydrogen-bond acceptors (Lipinski definition) is 3. The van der Waals surface area contributed by atoms with E-state index in [1.54, 1.807) is 24.3 Å². The van der Waals surface area contributed by atoms with Crippen LogP contribution in [0.3, 0.4) is 0 Å². The third-order valence-corrected chi connectivity index (χ3v) is 2.70. The van der Waals surface area contributed by atoms with E-state index in [1.165, 1.54) is 12.1 Å². The second-order valence-electron chi connectivity index (χ2n) is 4.78. The van der Waals surface area contributed by atoms with Crippen molar-refractivity contribution in [2.75, 3.05) is 5.32 Å². The Balaban J connectivity index is 2.13. The normalized spacial score (nSPS) is 10.5. The number of anilines is 1. The monoisotopic (exact) mass is 289 g/mol. The van der Waals surface area contributed by atoms with Crippen LogP contribution in [0, 0.1) is 5.82 Å². The maximum absolute atomic E-state index is 13.6. The molecule has 21 heavy (non-hydrogen) atoms. The van der Waals surface area contributed by atoms with Gasteiger partial charge in [0.25, 0.3) is 5.91 Å². The number of halogens is 1. The topological polar surface area (TPSA) is 58.6 Å². The third-order valence-electron chi connectivity index (χ3n) is 2.70. The molecule has 0 fully saturated rings. The Morgan fingerprint density at radius 1 is 1.19 bits per heavy atom. The van der Waals surface area contributed by atoms with Crippen LogP contribution in [0.2, 0.25) is 0 Å². The van der Waals surface area contributed by atoms with Gasteiger partial charge in [-0.1, -0.05) is 6.07 Å². The van der Waals surface area contributed by atoms with E-state index in [-0.39, 0.29) is 11.7 Å². The minimum atomic E-state index is -0.771. The van der Waals surface area contributed by atoms with Crippen LogP contribution in [0.15, 0.2) is 42.5 Å². The molecule has 0 spiro atoms. The van der Waals surface area contributed by atoms with Gasteiger partial charge in [-0.3, -0.25) is 4.79 Å². The Hall–Kier alpha value is -2.56. The number of nitrogens with one attached hydrogen (secondary N) is 1. The van der Waals surface area contributed by atoms with Crippen LogP contribution >= 0.6 is 0 Å². The summed E-state index contributed by atoms with van der Waals surface area (Å²) in [7, 11) is 0. The summed E-state index contributed by atoms with van der Waals surface area (Å²) in [6.45, 7) is 3.83. The van der Waals surface area contributed by atoms with E-state index in [1.807, 2.05) is 13.8 Å². The summed E-state index contributed by atoms with van der Waals surface area (Å²) in [5, 5.41) is 12.1. The lowest BCUT2D eigenvalue weighted by Gasteiger charge is -2.11. The van der Waals surface area contributed by atoms with Gasteiger partial charge >= 0.3 is 0 Å². The van der Waals surface area contributed by atoms with Gasteiger partial charge in [0.05, 0.1) is 6.10 Å². The van der Waals surface area contributed by atoms with Crippen LogP contribution in [0.4, 0.5) is 10.1 Å². The molecule has 0 heterocycles. The lowest BCUT2D eigenvalue weighted by molar-refractivity contribution is 0.102. The van der Waals surface area contributed by atoms with E-state index in [0.29, 0.717) is 11.4 Å². The number of benzene rings is 2. The van der Waals surface area contributed by atoms with Gasteiger partial charge < -0.3 is 15.2 Å². The Morgan fingerprint density at radius 2 is 1.86 bits per heavy atom. The Morgan fingerprint density at radius 3 is 2.43 bits per heavy atom. The molecule has 2 aromatic rings. The van der Waals surface area contributed by atoms with E-state index in [4.69, 9.17) is 4.74 Å². The number of carbonyl (C=O) groups is 1. The number of phenolic OH excluding ortho intramolecular Hbond substituents is 1. The van der Waals surface area contributed by atoms with Crippen molar-refractivity contribution in [2.24, 2.45) is 0 Å². The quantitative estimate of drug-likeness (QED) is 0.904. The molecule has 2 rings (SSSR count). The van der Waals surface area contributed by atoms with E-state index in [2.05, 4.69) is 5.32 Å². The number of hydrogen-bond donors (Lipinski definition) is 2. The van der Waals surface area contributed by atoms with Crippen molar-refractivity contribution in [3.63, 3.8) is 0 Å².